The van der Waals surface area contributed by atoms with Crippen LogP contribution in [0, 0.1) is 0 Å². The van der Waals surface area contributed by atoms with Gasteiger partial charge < -0.3 is 9.15 Å². The van der Waals surface area contributed by atoms with E-state index in [-0.39, 0.29) is 11.5 Å². The summed E-state index contributed by atoms with van der Waals surface area (Å²) < 4.78 is 10.6. The Morgan fingerprint density at radius 3 is 2.75 bits per heavy atom. The highest BCUT2D eigenvalue weighted by Crippen LogP contribution is 2.24. The topological polar surface area (TPSA) is 48.2 Å². The van der Waals surface area contributed by atoms with E-state index >= 15 is 0 Å². The minimum absolute atomic E-state index is 0.00320. The molecule has 0 spiro atoms. The first-order valence-corrected chi connectivity index (χ1v) is 5.32. The molecule has 0 bridgehead atoms. The van der Waals surface area contributed by atoms with Crippen LogP contribution in [0.2, 0.25) is 10.4 Å². The van der Waals surface area contributed by atoms with E-state index in [1.54, 1.807) is 31.2 Å². The number of aromatic nitrogens is 2. The van der Waals surface area contributed by atoms with E-state index in [1.807, 2.05) is 0 Å². The van der Waals surface area contributed by atoms with E-state index in [0.717, 1.165) is 0 Å². The zero-order valence-electron chi connectivity index (χ0n) is 8.35. The summed E-state index contributed by atoms with van der Waals surface area (Å²) in [5.74, 6) is 0.958. The molecule has 2 rings (SSSR count). The van der Waals surface area contributed by atoms with E-state index in [2.05, 4.69) is 10.2 Å². The lowest BCUT2D eigenvalue weighted by atomic mass is 10.3. The Morgan fingerprint density at radius 1 is 1.31 bits per heavy atom. The molecule has 2 aromatic rings. The normalized spacial score (nSPS) is 12.4. The second-order valence-electron chi connectivity index (χ2n) is 3.11. The minimum atomic E-state index is -0.376. The van der Waals surface area contributed by atoms with Crippen molar-refractivity contribution in [1.82, 2.24) is 10.2 Å². The molecule has 0 radical (unpaired) electrons. The molecule has 4 nitrogen and oxygen atoms in total. The highest BCUT2D eigenvalue weighted by Gasteiger charge is 2.14. The van der Waals surface area contributed by atoms with Crippen LogP contribution in [0.5, 0.6) is 5.75 Å². The van der Waals surface area contributed by atoms with Gasteiger partial charge in [-0.15, -0.1) is 5.10 Å². The lowest BCUT2D eigenvalue weighted by Crippen LogP contribution is -2.03. The second-order valence-corrected chi connectivity index (χ2v) is 3.87. The Labute approximate surface area is 102 Å². The fourth-order valence-electron chi connectivity index (χ4n) is 1.17. The van der Waals surface area contributed by atoms with Gasteiger partial charge >= 0.3 is 5.35 Å². The molecule has 1 unspecified atom stereocenters. The monoisotopic (exact) mass is 258 g/mol. The minimum Gasteiger partial charge on any atom is -0.481 e. The standard InChI is InChI=1S/C10H8Cl2N2O2/c1-6(9-13-14-10(12)16-9)15-8-4-2-3-7(11)5-8/h2-6H,1H3. The highest BCUT2D eigenvalue weighted by atomic mass is 35.5. The Kier molecular flexibility index (Phi) is 3.31. The zero-order valence-corrected chi connectivity index (χ0v) is 9.87. The van der Waals surface area contributed by atoms with Gasteiger partial charge in [0.1, 0.15) is 5.75 Å². The molecule has 0 aliphatic heterocycles. The summed E-state index contributed by atoms with van der Waals surface area (Å²) in [6, 6.07) is 7.06. The Balaban J connectivity index is 2.10. The smallest absolute Gasteiger partial charge is 0.312 e. The van der Waals surface area contributed by atoms with Gasteiger partial charge in [0.05, 0.1) is 0 Å². The number of hydrogen-bond acceptors (Lipinski definition) is 4. The van der Waals surface area contributed by atoms with Crippen molar-refractivity contribution in [2.75, 3.05) is 0 Å². The van der Waals surface area contributed by atoms with Crippen LogP contribution in [-0.2, 0) is 0 Å². The summed E-state index contributed by atoms with van der Waals surface area (Å²) in [6.07, 6.45) is -0.376. The second kappa shape index (κ2) is 4.72. The highest BCUT2D eigenvalue weighted by molar-refractivity contribution is 6.30. The van der Waals surface area contributed by atoms with Crippen molar-refractivity contribution in [3.8, 4) is 5.75 Å². The molecular weight excluding hydrogens is 251 g/mol. The maximum atomic E-state index is 5.83. The predicted octanol–water partition coefficient (Wildman–Crippen LogP) is 3.52. The molecule has 1 atom stereocenters. The first-order valence-electron chi connectivity index (χ1n) is 4.56. The molecule has 0 saturated carbocycles. The molecule has 1 aromatic carbocycles. The summed E-state index contributed by atoms with van der Waals surface area (Å²) in [7, 11) is 0. The molecule has 0 N–H and O–H groups in total. The van der Waals surface area contributed by atoms with Gasteiger partial charge in [-0.05, 0) is 36.7 Å². The summed E-state index contributed by atoms with van der Waals surface area (Å²) in [5, 5.41) is 7.87. The van der Waals surface area contributed by atoms with Crippen molar-refractivity contribution in [3.63, 3.8) is 0 Å². The number of hydrogen-bond donors (Lipinski definition) is 0. The number of nitrogens with zero attached hydrogens (tertiary/aromatic N) is 2. The Morgan fingerprint density at radius 2 is 2.12 bits per heavy atom. The van der Waals surface area contributed by atoms with Crippen LogP contribution in [0.4, 0.5) is 0 Å². The van der Waals surface area contributed by atoms with E-state index in [9.17, 15) is 0 Å². The largest absolute Gasteiger partial charge is 0.481 e. The Bertz CT molecular complexity index is 487. The van der Waals surface area contributed by atoms with Crippen molar-refractivity contribution in [2.24, 2.45) is 0 Å². The molecule has 0 fully saturated rings. The molecule has 16 heavy (non-hydrogen) atoms. The molecule has 0 amide bonds. The van der Waals surface area contributed by atoms with Gasteiger partial charge in [-0.2, -0.15) is 0 Å². The molecule has 84 valence electrons. The predicted molar refractivity (Wildman–Crippen MR) is 59.8 cm³/mol. The third-order valence-electron chi connectivity index (χ3n) is 1.87. The van der Waals surface area contributed by atoms with Crippen LogP contribution >= 0.6 is 23.2 Å². The third-order valence-corrected chi connectivity index (χ3v) is 2.26. The van der Waals surface area contributed by atoms with Gasteiger partial charge in [-0.25, -0.2) is 0 Å². The van der Waals surface area contributed by atoms with Gasteiger partial charge in [0.2, 0.25) is 0 Å². The van der Waals surface area contributed by atoms with Gasteiger partial charge in [0.25, 0.3) is 5.89 Å². The van der Waals surface area contributed by atoms with Crippen LogP contribution in [0.1, 0.15) is 18.9 Å². The third kappa shape index (κ3) is 2.65. The van der Waals surface area contributed by atoms with Gasteiger partial charge in [0.15, 0.2) is 6.10 Å². The van der Waals surface area contributed by atoms with E-state index in [4.69, 9.17) is 32.4 Å². The lowest BCUT2D eigenvalue weighted by Gasteiger charge is -2.10. The van der Waals surface area contributed by atoms with Crippen molar-refractivity contribution < 1.29 is 9.15 Å². The fourth-order valence-corrected chi connectivity index (χ4v) is 1.47. The first kappa shape index (κ1) is 11.2. The van der Waals surface area contributed by atoms with Gasteiger partial charge in [-0.1, -0.05) is 22.8 Å². The molecule has 1 heterocycles. The summed E-state index contributed by atoms with van der Waals surface area (Å²) in [6.45, 7) is 1.78. The van der Waals surface area contributed by atoms with Crippen molar-refractivity contribution >= 4 is 23.2 Å². The molecular formula is C10H8Cl2N2O2. The number of ether oxygens (including phenoxy) is 1. The molecule has 0 saturated heterocycles. The lowest BCUT2D eigenvalue weighted by molar-refractivity contribution is 0.189. The average Bonchev–Trinajstić information content (AvgIpc) is 2.65. The zero-order chi connectivity index (χ0) is 11.5. The summed E-state index contributed by atoms with van der Waals surface area (Å²) in [5.41, 5.74) is 0. The first-order chi connectivity index (χ1) is 7.65. The number of halogens is 2. The maximum Gasteiger partial charge on any atom is 0.312 e. The SMILES string of the molecule is CC(Oc1cccc(Cl)c1)c1nnc(Cl)o1. The van der Waals surface area contributed by atoms with Gasteiger partial charge in [0, 0.05) is 5.02 Å². The van der Waals surface area contributed by atoms with E-state index < -0.39 is 0 Å². The van der Waals surface area contributed by atoms with Gasteiger partial charge in [-0.3, -0.25) is 0 Å². The van der Waals surface area contributed by atoms with Crippen molar-refractivity contribution in [3.05, 3.63) is 40.5 Å². The average molecular weight is 259 g/mol. The quantitative estimate of drug-likeness (QED) is 0.846. The molecule has 6 heteroatoms. The Hall–Kier alpha value is -1.26. The fraction of sp³-hybridized carbons (Fsp3) is 0.200. The number of rotatable bonds is 3. The van der Waals surface area contributed by atoms with Crippen LogP contribution in [-0.4, -0.2) is 10.2 Å². The van der Waals surface area contributed by atoms with E-state index in [0.29, 0.717) is 16.7 Å². The van der Waals surface area contributed by atoms with E-state index in [1.165, 1.54) is 0 Å². The number of benzene rings is 1. The van der Waals surface area contributed by atoms with Crippen molar-refractivity contribution in [1.29, 1.82) is 0 Å². The van der Waals surface area contributed by atoms with Crippen LogP contribution in [0.3, 0.4) is 0 Å². The molecule has 0 aliphatic carbocycles. The van der Waals surface area contributed by atoms with Crippen LogP contribution in [0.25, 0.3) is 0 Å². The van der Waals surface area contributed by atoms with Crippen LogP contribution in [0.15, 0.2) is 28.7 Å². The molecule has 1 aromatic heterocycles. The summed E-state index contributed by atoms with van der Waals surface area (Å²) >= 11 is 11.3. The maximum absolute atomic E-state index is 5.83. The molecule has 0 aliphatic rings. The van der Waals surface area contributed by atoms with Crippen molar-refractivity contribution in [2.45, 2.75) is 13.0 Å². The van der Waals surface area contributed by atoms with Crippen LogP contribution < -0.4 is 4.74 Å². The summed E-state index contributed by atoms with van der Waals surface area (Å²) in [4.78, 5) is 0.